The Bertz CT molecular complexity index is 1680. The first-order chi connectivity index (χ1) is 22.3. The van der Waals surface area contributed by atoms with E-state index < -0.39 is 35.7 Å². The Labute approximate surface area is 265 Å². The molecule has 0 saturated carbocycles. The number of hydrogen-bond donors (Lipinski definition) is 4. The van der Waals surface area contributed by atoms with Gasteiger partial charge in [-0.05, 0) is 49.2 Å². The molecule has 2 unspecified atom stereocenters. The van der Waals surface area contributed by atoms with Crippen molar-refractivity contribution >= 4 is 35.1 Å². The normalized spacial score (nSPS) is 20.0. The number of benzene rings is 2. The number of carbonyl (C=O) groups is 4. The number of hydrogen-bond acceptors (Lipinski definition) is 8. The van der Waals surface area contributed by atoms with Crippen molar-refractivity contribution in [2.75, 3.05) is 0 Å². The number of pyridine rings is 2. The molecule has 4 N–H and O–H groups in total. The summed E-state index contributed by atoms with van der Waals surface area (Å²) < 4.78 is 0. The molecule has 46 heavy (non-hydrogen) atoms. The highest BCUT2D eigenvalue weighted by atomic mass is 16.2. The van der Waals surface area contributed by atoms with Crippen molar-refractivity contribution in [1.29, 1.82) is 0 Å². The summed E-state index contributed by atoms with van der Waals surface area (Å²) in [7, 11) is 0. The molecule has 2 atom stereocenters. The molecule has 4 amide bonds. The van der Waals surface area contributed by atoms with Gasteiger partial charge in [0.15, 0.2) is 0 Å². The summed E-state index contributed by atoms with van der Waals surface area (Å²) in [6, 6.07) is 25.9. The predicted molar refractivity (Wildman–Crippen MR) is 172 cm³/mol. The summed E-state index contributed by atoms with van der Waals surface area (Å²) in [5, 5.41) is 13.9. The van der Waals surface area contributed by atoms with E-state index in [0.29, 0.717) is 22.8 Å². The third-order valence-electron chi connectivity index (χ3n) is 7.18. The SMILES string of the molecule is C/C1=N/NC(=O)C(Cc2ccccc2)NC(=O)c2cccc(n2)C(=O)NC(Cc2ccccc2)C(=O)N/N=C(/C)c2cccc1n2. The van der Waals surface area contributed by atoms with E-state index in [2.05, 4.69) is 41.7 Å². The molecule has 1 aliphatic heterocycles. The standard InChI is InChI=1S/C34H32N8O4/c1-21-25-15-9-16-26(35-25)22(2)40-42-34(46)30(20-24-13-7-4-8-14-24)38-32(44)28-18-10-17-27(36-28)31(43)37-29(33(45)41-39-21)19-23-11-5-3-6-12-23/h3-18,29-30H,19-20H2,1-2H3,(H,37,43)(H,38,44)(H,41,45)(H,42,46)/b39-21-,40-22-. The second-order valence-corrected chi connectivity index (χ2v) is 10.6. The Morgan fingerprint density at radius 1 is 0.500 bits per heavy atom. The van der Waals surface area contributed by atoms with Gasteiger partial charge in [-0.1, -0.05) is 72.8 Å². The van der Waals surface area contributed by atoms with Crippen LogP contribution in [0.5, 0.6) is 0 Å². The molecular weight excluding hydrogens is 584 g/mol. The summed E-state index contributed by atoms with van der Waals surface area (Å²) in [5.41, 5.74) is 8.26. The van der Waals surface area contributed by atoms with Crippen molar-refractivity contribution in [3.8, 4) is 0 Å². The Balaban J connectivity index is 1.52. The minimum atomic E-state index is -1.02. The van der Waals surface area contributed by atoms with Crippen LogP contribution < -0.4 is 21.5 Å². The van der Waals surface area contributed by atoms with Gasteiger partial charge >= 0.3 is 0 Å². The summed E-state index contributed by atoms with van der Waals surface area (Å²) in [4.78, 5) is 62.3. The molecule has 4 aromatic rings. The summed E-state index contributed by atoms with van der Waals surface area (Å²) in [6.07, 6.45) is 0.347. The zero-order valence-electron chi connectivity index (χ0n) is 25.2. The van der Waals surface area contributed by atoms with Crippen molar-refractivity contribution in [3.63, 3.8) is 0 Å². The maximum Gasteiger partial charge on any atom is 0.270 e. The van der Waals surface area contributed by atoms with Gasteiger partial charge in [-0.2, -0.15) is 10.2 Å². The smallest absolute Gasteiger partial charge is 0.270 e. The first-order valence-corrected chi connectivity index (χ1v) is 14.6. The number of carbonyl (C=O) groups excluding carboxylic acids is 4. The van der Waals surface area contributed by atoms with E-state index in [1.807, 2.05) is 60.7 Å². The Hall–Kier alpha value is -6.04. The highest BCUT2D eigenvalue weighted by Crippen LogP contribution is 2.09. The third-order valence-corrected chi connectivity index (χ3v) is 7.18. The molecule has 1 aliphatic rings. The van der Waals surface area contributed by atoms with E-state index in [0.717, 1.165) is 11.1 Å². The fourth-order valence-corrected chi connectivity index (χ4v) is 4.66. The van der Waals surface area contributed by atoms with Gasteiger partial charge in [0.2, 0.25) is 0 Å². The maximum atomic E-state index is 13.4. The van der Waals surface area contributed by atoms with E-state index >= 15 is 0 Å². The van der Waals surface area contributed by atoms with Crippen molar-refractivity contribution in [2.45, 2.75) is 38.8 Å². The number of fused-ring (bicyclic) bond motifs is 4. The van der Waals surface area contributed by atoms with Crippen LogP contribution in [0.3, 0.4) is 0 Å². The number of nitrogens with zero attached hydrogens (tertiary/aromatic N) is 4. The van der Waals surface area contributed by atoms with Crippen molar-refractivity contribution in [3.05, 3.63) is 131 Å². The molecule has 2 aromatic carbocycles. The van der Waals surface area contributed by atoms with Gasteiger partial charge in [0, 0.05) is 12.8 Å². The van der Waals surface area contributed by atoms with E-state index in [-0.39, 0.29) is 24.2 Å². The number of nitrogens with one attached hydrogen (secondary N) is 4. The number of hydrazone groups is 2. The van der Waals surface area contributed by atoms with Crippen LogP contribution in [-0.2, 0) is 22.4 Å². The van der Waals surface area contributed by atoms with E-state index in [4.69, 9.17) is 0 Å². The highest BCUT2D eigenvalue weighted by molar-refractivity contribution is 6.03. The van der Waals surface area contributed by atoms with Crippen LogP contribution in [0.25, 0.3) is 0 Å². The van der Waals surface area contributed by atoms with Crippen LogP contribution >= 0.6 is 0 Å². The fraction of sp³-hybridized carbons (Fsp3) is 0.176. The molecule has 4 bridgehead atoms. The van der Waals surface area contributed by atoms with Crippen LogP contribution in [0, 0.1) is 0 Å². The van der Waals surface area contributed by atoms with Crippen molar-refractivity contribution in [2.24, 2.45) is 10.2 Å². The molecule has 2 aromatic heterocycles. The Morgan fingerprint density at radius 3 is 1.28 bits per heavy atom. The predicted octanol–water partition coefficient (Wildman–Crippen LogP) is 2.55. The summed E-state index contributed by atoms with van der Waals surface area (Å²) >= 11 is 0. The molecule has 0 fully saturated rings. The largest absolute Gasteiger partial charge is 0.338 e. The lowest BCUT2D eigenvalue weighted by molar-refractivity contribution is -0.123. The minimum Gasteiger partial charge on any atom is -0.338 e. The molecule has 0 spiro atoms. The average Bonchev–Trinajstić information content (AvgIpc) is 3.09. The zero-order chi connectivity index (χ0) is 32.5. The third kappa shape index (κ3) is 8.11. The monoisotopic (exact) mass is 616 g/mol. The summed E-state index contributed by atoms with van der Waals surface area (Å²) in [6.45, 7) is 3.37. The quantitative estimate of drug-likeness (QED) is 0.275. The first kappa shape index (κ1) is 31.4. The molecule has 0 saturated heterocycles. The molecule has 0 aliphatic carbocycles. The lowest BCUT2D eigenvalue weighted by Gasteiger charge is -2.19. The maximum absolute atomic E-state index is 13.4. The lowest BCUT2D eigenvalue weighted by atomic mass is 10.0. The first-order valence-electron chi connectivity index (χ1n) is 14.6. The number of aromatic nitrogens is 2. The van der Waals surface area contributed by atoms with Crippen LogP contribution in [0.1, 0.15) is 57.3 Å². The van der Waals surface area contributed by atoms with Crippen LogP contribution in [0.15, 0.2) is 107 Å². The molecule has 0 radical (unpaired) electrons. The van der Waals surface area contributed by atoms with E-state index in [1.165, 1.54) is 18.2 Å². The van der Waals surface area contributed by atoms with Crippen molar-refractivity contribution < 1.29 is 19.2 Å². The minimum absolute atomic E-state index is 0.0853. The molecule has 12 heteroatoms. The second kappa shape index (κ2) is 14.6. The fourth-order valence-electron chi connectivity index (χ4n) is 4.66. The van der Waals surface area contributed by atoms with E-state index in [9.17, 15) is 19.2 Å². The molecule has 232 valence electrons. The van der Waals surface area contributed by atoms with Crippen LogP contribution in [-0.4, -0.2) is 57.1 Å². The van der Waals surface area contributed by atoms with Gasteiger partial charge in [-0.25, -0.2) is 20.8 Å². The molecule has 12 nitrogen and oxygen atoms in total. The topological polar surface area (TPSA) is 167 Å². The van der Waals surface area contributed by atoms with Gasteiger partial charge in [-0.3, -0.25) is 19.2 Å². The molecule has 5 rings (SSSR count). The number of amides is 4. The second-order valence-electron chi connectivity index (χ2n) is 10.6. The van der Waals surface area contributed by atoms with Crippen LogP contribution in [0.2, 0.25) is 0 Å². The van der Waals surface area contributed by atoms with Crippen LogP contribution in [0.4, 0.5) is 0 Å². The van der Waals surface area contributed by atoms with E-state index in [1.54, 1.807) is 32.0 Å². The van der Waals surface area contributed by atoms with Crippen molar-refractivity contribution in [1.82, 2.24) is 31.5 Å². The number of rotatable bonds is 4. The Morgan fingerprint density at radius 2 is 0.870 bits per heavy atom. The lowest BCUT2D eigenvalue weighted by Crippen LogP contribution is -2.48. The van der Waals surface area contributed by atoms with Gasteiger partial charge in [-0.15, -0.1) is 0 Å². The Kier molecular flexibility index (Phi) is 9.98. The molecular formula is C34H32N8O4. The van der Waals surface area contributed by atoms with Gasteiger partial charge in [0.1, 0.15) is 23.5 Å². The molecule has 3 heterocycles. The van der Waals surface area contributed by atoms with Gasteiger partial charge in [0.25, 0.3) is 23.6 Å². The highest BCUT2D eigenvalue weighted by Gasteiger charge is 2.26. The zero-order valence-corrected chi connectivity index (χ0v) is 25.2. The van der Waals surface area contributed by atoms with Gasteiger partial charge < -0.3 is 10.6 Å². The summed E-state index contributed by atoms with van der Waals surface area (Å²) in [5.74, 6) is -2.45. The van der Waals surface area contributed by atoms with Gasteiger partial charge in [0.05, 0.1) is 22.8 Å². The average molecular weight is 617 g/mol.